The third-order valence-corrected chi connectivity index (χ3v) is 1.98. The van der Waals surface area contributed by atoms with Gasteiger partial charge in [-0.05, 0) is 12.5 Å². The molecule has 5 heteroatoms. The van der Waals surface area contributed by atoms with Gasteiger partial charge in [0.15, 0.2) is 11.5 Å². The Balaban J connectivity index is 2.66. The van der Waals surface area contributed by atoms with Gasteiger partial charge in [0.25, 0.3) is 0 Å². The number of Topliss-reactive ketones (excluding diaryl/α,β-unsaturated/α-hetero) is 1. The van der Waals surface area contributed by atoms with Crippen LogP contribution in [0.2, 0.25) is 0 Å². The van der Waals surface area contributed by atoms with Crippen molar-refractivity contribution in [2.75, 3.05) is 6.61 Å². The first-order valence-electron chi connectivity index (χ1n) is 5.03. The van der Waals surface area contributed by atoms with Gasteiger partial charge in [0.1, 0.15) is 6.61 Å². The molecular weight excluding hydrogens is 210 g/mol. The van der Waals surface area contributed by atoms with E-state index in [1.165, 1.54) is 12.1 Å². The fourth-order valence-corrected chi connectivity index (χ4v) is 1.24. The van der Waals surface area contributed by atoms with Crippen LogP contribution in [0.5, 0.6) is 5.75 Å². The van der Waals surface area contributed by atoms with E-state index >= 15 is 0 Å². The second-order valence-corrected chi connectivity index (χ2v) is 3.30. The largest absolute Gasteiger partial charge is 0.479 e. The van der Waals surface area contributed by atoms with Crippen LogP contribution in [0.4, 0.5) is 5.69 Å². The number of hydrogen-bond donors (Lipinski definition) is 0. The molecular formula is C11H13NO4. The Morgan fingerprint density at radius 1 is 1.44 bits per heavy atom. The lowest BCUT2D eigenvalue weighted by atomic mass is 10.2. The predicted molar refractivity (Wildman–Crippen MR) is 58.5 cm³/mol. The Morgan fingerprint density at radius 3 is 2.75 bits per heavy atom. The molecule has 0 aromatic heterocycles. The predicted octanol–water partition coefficient (Wildman–Crippen LogP) is 2.34. The molecule has 0 aliphatic rings. The molecule has 0 bridgehead atoms. The Labute approximate surface area is 93.2 Å². The van der Waals surface area contributed by atoms with Crippen LogP contribution < -0.4 is 4.74 Å². The van der Waals surface area contributed by atoms with Gasteiger partial charge in [0.2, 0.25) is 0 Å². The molecule has 0 spiro atoms. The van der Waals surface area contributed by atoms with Gasteiger partial charge in [-0.3, -0.25) is 14.9 Å². The lowest BCUT2D eigenvalue weighted by molar-refractivity contribution is -0.385. The molecule has 1 aromatic rings. The van der Waals surface area contributed by atoms with Crippen LogP contribution in [0, 0.1) is 10.1 Å². The molecule has 0 aliphatic heterocycles. The molecule has 86 valence electrons. The lowest BCUT2D eigenvalue weighted by Gasteiger charge is -2.04. The topological polar surface area (TPSA) is 69.4 Å². The van der Waals surface area contributed by atoms with Gasteiger partial charge < -0.3 is 4.74 Å². The molecule has 1 rings (SSSR count). The molecule has 0 aliphatic carbocycles. The van der Waals surface area contributed by atoms with Crippen LogP contribution in [0.15, 0.2) is 24.3 Å². The maximum Gasteiger partial charge on any atom is 0.310 e. The van der Waals surface area contributed by atoms with Crippen LogP contribution in [-0.2, 0) is 4.79 Å². The summed E-state index contributed by atoms with van der Waals surface area (Å²) in [6, 6.07) is 6.02. The first-order chi connectivity index (χ1) is 7.65. The van der Waals surface area contributed by atoms with Gasteiger partial charge in [-0.25, -0.2) is 0 Å². The van der Waals surface area contributed by atoms with Crippen LogP contribution >= 0.6 is 0 Å². The van der Waals surface area contributed by atoms with Crippen molar-refractivity contribution in [3.8, 4) is 5.75 Å². The summed E-state index contributed by atoms with van der Waals surface area (Å²) in [7, 11) is 0. The van der Waals surface area contributed by atoms with Crippen LogP contribution in [0.25, 0.3) is 0 Å². The lowest BCUT2D eigenvalue weighted by Crippen LogP contribution is -2.11. The summed E-state index contributed by atoms with van der Waals surface area (Å²) in [5.41, 5.74) is -0.119. The molecule has 16 heavy (non-hydrogen) atoms. The molecule has 0 heterocycles. The smallest absolute Gasteiger partial charge is 0.310 e. The number of nitro groups is 1. The molecule has 0 saturated heterocycles. The van der Waals surface area contributed by atoms with Crippen molar-refractivity contribution >= 4 is 11.5 Å². The molecule has 1 aromatic carbocycles. The van der Waals surface area contributed by atoms with E-state index in [4.69, 9.17) is 4.74 Å². The number of nitrogens with zero attached hydrogens (tertiary/aromatic N) is 1. The number of rotatable bonds is 6. The van der Waals surface area contributed by atoms with Crippen molar-refractivity contribution in [2.45, 2.75) is 19.8 Å². The zero-order chi connectivity index (χ0) is 12.0. The van der Waals surface area contributed by atoms with Gasteiger partial charge in [0, 0.05) is 12.5 Å². The third kappa shape index (κ3) is 3.34. The summed E-state index contributed by atoms with van der Waals surface area (Å²) < 4.78 is 5.12. The quantitative estimate of drug-likeness (QED) is 0.548. The van der Waals surface area contributed by atoms with Crippen LogP contribution in [-0.4, -0.2) is 17.3 Å². The molecule has 0 radical (unpaired) electrons. The summed E-state index contributed by atoms with van der Waals surface area (Å²) in [4.78, 5) is 21.3. The number of carbonyl (C=O) groups is 1. The summed E-state index contributed by atoms with van der Waals surface area (Å²) in [6.07, 6.45) is 1.18. The number of ether oxygens (including phenoxy) is 1. The third-order valence-electron chi connectivity index (χ3n) is 1.98. The zero-order valence-electron chi connectivity index (χ0n) is 9.01. The normalized spacial score (nSPS) is 9.81. The number of carbonyl (C=O) groups excluding carboxylic acids is 1. The van der Waals surface area contributed by atoms with Crippen LogP contribution in [0.3, 0.4) is 0 Å². The molecule has 0 amide bonds. The number of ketones is 1. The summed E-state index contributed by atoms with van der Waals surface area (Å²) in [5, 5.41) is 10.6. The minimum Gasteiger partial charge on any atom is -0.479 e. The number of benzene rings is 1. The minimum atomic E-state index is -0.528. The standard InChI is InChI=1S/C11H13NO4/c1-2-5-9(13)8-16-11-7-4-3-6-10(11)12(14)15/h3-4,6-7H,2,5,8H2,1H3. The second kappa shape index (κ2) is 5.85. The van der Waals surface area contributed by atoms with E-state index in [1.54, 1.807) is 12.1 Å². The molecule has 0 unspecified atom stereocenters. The molecule has 0 saturated carbocycles. The molecule has 0 atom stereocenters. The molecule has 0 fully saturated rings. The monoisotopic (exact) mass is 223 g/mol. The van der Waals surface area contributed by atoms with Gasteiger partial charge in [-0.1, -0.05) is 19.1 Å². The van der Waals surface area contributed by atoms with Gasteiger partial charge >= 0.3 is 5.69 Å². The molecule has 0 N–H and O–H groups in total. The van der Waals surface area contributed by atoms with E-state index in [1.807, 2.05) is 6.92 Å². The summed E-state index contributed by atoms with van der Waals surface area (Å²) in [5.74, 6) is 0.0811. The Morgan fingerprint density at radius 2 is 2.12 bits per heavy atom. The van der Waals surface area contributed by atoms with Crippen molar-refractivity contribution in [3.05, 3.63) is 34.4 Å². The van der Waals surface area contributed by atoms with E-state index in [0.29, 0.717) is 6.42 Å². The fourth-order valence-electron chi connectivity index (χ4n) is 1.24. The zero-order valence-corrected chi connectivity index (χ0v) is 9.01. The summed E-state index contributed by atoms with van der Waals surface area (Å²) >= 11 is 0. The average molecular weight is 223 g/mol. The maximum absolute atomic E-state index is 11.2. The van der Waals surface area contributed by atoms with Crippen molar-refractivity contribution < 1.29 is 14.5 Å². The second-order valence-electron chi connectivity index (χ2n) is 3.30. The maximum atomic E-state index is 11.2. The van der Waals surface area contributed by atoms with E-state index < -0.39 is 4.92 Å². The van der Waals surface area contributed by atoms with Crippen molar-refractivity contribution in [2.24, 2.45) is 0 Å². The van der Waals surface area contributed by atoms with E-state index in [0.717, 1.165) is 6.42 Å². The van der Waals surface area contributed by atoms with Crippen molar-refractivity contribution in [1.82, 2.24) is 0 Å². The number of hydrogen-bond acceptors (Lipinski definition) is 4. The Kier molecular flexibility index (Phi) is 4.44. The average Bonchev–Trinajstić information content (AvgIpc) is 2.27. The van der Waals surface area contributed by atoms with Crippen LogP contribution in [0.1, 0.15) is 19.8 Å². The fraction of sp³-hybridized carbons (Fsp3) is 0.364. The van der Waals surface area contributed by atoms with E-state index in [2.05, 4.69) is 0 Å². The van der Waals surface area contributed by atoms with Gasteiger partial charge in [-0.15, -0.1) is 0 Å². The Hall–Kier alpha value is -1.91. The highest BCUT2D eigenvalue weighted by Crippen LogP contribution is 2.25. The van der Waals surface area contributed by atoms with Crippen molar-refractivity contribution in [3.63, 3.8) is 0 Å². The van der Waals surface area contributed by atoms with Gasteiger partial charge in [0.05, 0.1) is 4.92 Å². The Bertz CT molecular complexity index is 389. The number of para-hydroxylation sites is 2. The first-order valence-corrected chi connectivity index (χ1v) is 5.03. The molecule has 5 nitrogen and oxygen atoms in total. The highest BCUT2D eigenvalue weighted by atomic mass is 16.6. The summed E-state index contributed by atoms with van der Waals surface area (Å²) in [6.45, 7) is 1.78. The van der Waals surface area contributed by atoms with Crippen molar-refractivity contribution in [1.29, 1.82) is 0 Å². The highest BCUT2D eigenvalue weighted by molar-refractivity contribution is 5.79. The van der Waals surface area contributed by atoms with E-state index in [9.17, 15) is 14.9 Å². The minimum absolute atomic E-state index is 0.0550. The van der Waals surface area contributed by atoms with E-state index in [-0.39, 0.29) is 23.8 Å². The van der Waals surface area contributed by atoms with Gasteiger partial charge in [-0.2, -0.15) is 0 Å². The first kappa shape index (κ1) is 12.2. The number of nitro benzene ring substituents is 1. The SMILES string of the molecule is CCCC(=O)COc1ccccc1[N+](=O)[O-]. The highest BCUT2D eigenvalue weighted by Gasteiger charge is 2.14.